The summed E-state index contributed by atoms with van der Waals surface area (Å²) < 4.78 is 0. The lowest BCUT2D eigenvalue weighted by molar-refractivity contribution is 0.157. The molecular weight excluding hydrogens is 570 g/mol. The van der Waals surface area contributed by atoms with Crippen LogP contribution in [0.5, 0.6) is 5.75 Å². The van der Waals surface area contributed by atoms with Gasteiger partial charge in [0, 0.05) is 80.9 Å². The fourth-order valence-corrected chi connectivity index (χ4v) is 7.05. The molecule has 5 aromatic rings. The van der Waals surface area contributed by atoms with E-state index in [1.807, 2.05) is 6.07 Å². The van der Waals surface area contributed by atoms with Crippen molar-refractivity contribution in [3.8, 4) is 5.75 Å². The smallest absolute Gasteiger partial charge is 0.225 e. The number of anilines is 4. The molecule has 1 saturated carbocycles. The van der Waals surface area contributed by atoms with Gasteiger partial charge in [0.25, 0.3) is 0 Å². The second-order valence-corrected chi connectivity index (χ2v) is 12.9. The van der Waals surface area contributed by atoms with Gasteiger partial charge in [0.1, 0.15) is 5.82 Å². The minimum Gasteiger partial charge on any atom is -0.408 e. The molecule has 1 aliphatic carbocycles. The Balaban J connectivity index is 0.917. The number of hydrogen-bond acceptors (Lipinski definition) is 8. The van der Waals surface area contributed by atoms with E-state index in [1.54, 1.807) is 0 Å². The van der Waals surface area contributed by atoms with Crippen molar-refractivity contribution in [3.63, 3.8) is 0 Å². The number of nitrogens with one attached hydrogen (secondary N) is 2. The van der Waals surface area contributed by atoms with Crippen LogP contribution in [0.2, 0.25) is 0 Å². The predicted octanol–water partition coefficient (Wildman–Crippen LogP) is 6.98. The third-order valence-electron chi connectivity index (χ3n) is 9.69. The minimum absolute atomic E-state index is 0.613. The van der Waals surface area contributed by atoms with E-state index in [0.717, 1.165) is 73.1 Å². The van der Waals surface area contributed by atoms with Crippen molar-refractivity contribution < 1.29 is 4.84 Å². The number of nitrogens with zero attached hydrogens (tertiary/aromatic N) is 5. The fraction of sp³-hybridized carbons (Fsp3) is 0.368. The van der Waals surface area contributed by atoms with Gasteiger partial charge in [0.15, 0.2) is 5.75 Å². The maximum absolute atomic E-state index is 6.11. The Morgan fingerprint density at radius 3 is 2.11 bits per heavy atom. The van der Waals surface area contributed by atoms with Gasteiger partial charge in [-0.15, -0.1) is 0 Å². The molecule has 1 saturated heterocycles. The van der Waals surface area contributed by atoms with Crippen LogP contribution in [0.3, 0.4) is 0 Å². The summed E-state index contributed by atoms with van der Waals surface area (Å²) in [6, 6.07) is 31.7. The highest BCUT2D eigenvalue weighted by molar-refractivity contribution is 5.98. The summed E-state index contributed by atoms with van der Waals surface area (Å²) in [5, 5.41) is 7.08. The number of para-hydroxylation sites is 2. The first-order valence-corrected chi connectivity index (χ1v) is 16.8. The first kappa shape index (κ1) is 30.1. The molecule has 0 bridgehead atoms. The summed E-state index contributed by atoms with van der Waals surface area (Å²) in [5.74, 6) is 3.89. The van der Waals surface area contributed by atoms with Crippen molar-refractivity contribution in [2.24, 2.45) is 11.8 Å². The molecule has 4 aromatic carbocycles. The molecule has 2 aliphatic rings. The van der Waals surface area contributed by atoms with Gasteiger partial charge >= 0.3 is 0 Å². The zero-order valence-electron chi connectivity index (χ0n) is 27.0. The number of hydroxylamine groups is 1. The van der Waals surface area contributed by atoms with E-state index in [2.05, 4.69) is 125 Å². The topological polar surface area (TPSA) is 68.8 Å². The van der Waals surface area contributed by atoms with Gasteiger partial charge in [-0.1, -0.05) is 54.6 Å². The quantitative estimate of drug-likeness (QED) is 0.163. The Labute approximate surface area is 272 Å². The van der Waals surface area contributed by atoms with Gasteiger partial charge in [-0.25, -0.2) is 4.98 Å². The zero-order chi connectivity index (χ0) is 31.3. The number of fused-ring (bicyclic) bond motifs is 2. The molecule has 238 valence electrons. The molecule has 0 spiro atoms. The molecule has 2 fully saturated rings. The van der Waals surface area contributed by atoms with Crippen LogP contribution in [0.15, 0.2) is 91.0 Å². The van der Waals surface area contributed by atoms with Crippen molar-refractivity contribution in [2.45, 2.75) is 25.7 Å². The van der Waals surface area contributed by atoms with Crippen LogP contribution in [0, 0.1) is 11.8 Å². The zero-order valence-corrected chi connectivity index (χ0v) is 27.0. The largest absolute Gasteiger partial charge is 0.408 e. The first-order valence-electron chi connectivity index (χ1n) is 16.8. The van der Waals surface area contributed by atoms with E-state index >= 15 is 0 Å². The lowest BCUT2D eigenvalue weighted by atomic mass is 9.82. The van der Waals surface area contributed by atoms with Crippen LogP contribution in [-0.4, -0.2) is 63.3 Å². The van der Waals surface area contributed by atoms with Gasteiger partial charge in [0.2, 0.25) is 5.95 Å². The van der Waals surface area contributed by atoms with Crippen molar-refractivity contribution in [1.82, 2.24) is 15.4 Å². The maximum atomic E-state index is 6.11. The lowest BCUT2D eigenvalue weighted by Crippen LogP contribution is -2.47. The third kappa shape index (κ3) is 6.67. The normalized spacial score (nSPS) is 18.6. The molecule has 46 heavy (non-hydrogen) atoms. The van der Waals surface area contributed by atoms with Gasteiger partial charge in [-0.2, -0.15) is 10.5 Å². The highest BCUT2D eigenvalue weighted by atomic mass is 16.6. The fourth-order valence-electron chi connectivity index (χ4n) is 7.05. The number of hydrogen-bond donors (Lipinski definition) is 2. The lowest BCUT2D eigenvalue weighted by Gasteiger charge is -2.37. The van der Waals surface area contributed by atoms with Crippen molar-refractivity contribution in [3.05, 3.63) is 91.0 Å². The van der Waals surface area contributed by atoms with Crippen LogP contribution in [0.1, 0.15) is 25.7 Å². The average Bonchev–Trinajstić information content (AvgIpc) is 3.11. The number of aromatic nitrogens is 2. The van der Waals surface area contributed by atoms with E-state index in [9.17, 15) is 0 Å². The third-order valence-corrected chi connectivity index (χ3v) is 9.69. The van der Waals surface area contributed by atoms with Crippen LogP contribution in [-0.2, 0) is 0 Å². The minimum atomic E-state index is 0.613. The highest BCUT2D eigenvalue weighted by Crippen LogP contribution is 2.33. The van der Waals surface area contributed by atoms with Crippen molar-refractivity contribution in [1.29, 1.82) is 0 Å². The van der Waals surface area contributed by atoms with Crippen LogP contribution >= 0.6 is 0 Å². The molecular formula is C38H45N7O. The van der Waals surface area contributed by atoms with Crippen molar-refractivity contribution >= 4 is 44.8 Å². The predicted molar refractivity (Wildman–Crippen MR) is 191 cm³/mol. The molecule has 1 aromatic heterocycles. The van der Waals surface area contributed by atoms with Crippen LogP contribution < -0.4 is 30.3 Å². The molecule has 2 heterocycles. The van der Waals surface area contributed by atoms with Crippen LogP contribution in [0.4, 0.5) is 23.1 Å². The second-order valence-electron chi connectivity index (χ2n) is 12.9. The Morgan fingerprint density at radius 2 is 1.33 bits per heavy atom. The highest BCUT2D eigenvalue weighted by Gasteiger charge is 2.24. The molecule has 8 nitrogen and oxygen atoms in total. The van der Waals surface area contributed by atoms with Gasteiger partial charge in [-0.05, 0) is 73.9 Å². The average molecular weight is 616 g/mol. The van der Waals surface area contributed by atoms with Gasteiger partial charge < -0.3 is 24.9 Å². The number of rotatable bonds is 10. The Hall–Kier alpha value is -4.56. The summed E-state index contributed by atoms with van der Waals surface area (Å²) in [5.41, 5.74) is 6.78. The molecule has 0 atom stereocenters. The monoisotopic (exact) mass is 615 g/mol. The molecule has 0 radical (unpaired) electrons. The van der Waals surface area contributed by atoms with E-state index in [-0.39, 0.29) is 0 Å². The summed E-state index contributed by atoms with van der Waals surface area (Å²) >= 11 is 0. The number of benzene rings is 4. The Morgan fingerprint density at radius 1 is 0.674 bits per heavy atom. The summed E-state index contributed by atoms with van der Waals surface area (Å²) in [4.78, 5) is 23.1. The van der Waals surface area contributed by atoms with Gasteiger partial charge in [0.05, 0.1) is 5.52 Å². The molecule has 0 amide bonds. The molecule has 1 aliphatic heterocycles. The summed E-state index contributed by atoms with van der Waals surface area (Å²) in [6.45, 7) is 5.60. The van der Waals surface area contributed by atoms with E-state index in [4.69, 9.17) is 14.8 Å². The standard InChI is InChI=1S/C38H45N7O/c1-43(2)35-16-8-14-32-31(35)13-9-17-36(32)46-40-27-29-20-18-28(19-21-29)26-39-38-41-34-15-7-6-12-33(34)37(42-38)45-24-22-44(23-25-45)30-10-4-3-5-11-30/h3-17,28-29,40H,18-27H2,1-2H3,(H,39,41,42). The van der Waals surface area contributed by atoms with Crippen molar-refractivity contribution in [2.75, 3.05) is 73.4 Å². The molecule has 0 unspecified atom stereocenters. The molecule has 2 N–H and O–H groups in total. The van der Waals surface area contributed by atoms with Crippen LogP contribution in [0.25, 0.3) is 21.7 Å². The summed E-state index contributed by atoms with van der Waals surface area (Å²) in [6.07, 6.45) is 4.78. The molecule has 8 heteroatoms. The van der Waals surface area contributed by atoms with E-state index in [1.165, 1.54) is 42.4 Å². The Kier molecular flexibility index (Phi) is 9.05. The second kappa shape index (κ2) is 13.8. The summed E-state index contributed by atoms with van der Waals surface area (Å²) in [7, 11) is 4.15. The maximum Gasteiger partial charge on any atom is 0.225 e. The number of piperazine rings is 1. The Bertz CT molecular complexity index is 1750. The van der Waals surface area contributed by atoms with E-state index in [0.29, 0.717) is 11.8 Å². The SMILES string of the molecule is CN(C)c1cccc2c(ONCC3CCC(CNc4nc(N5CCN(c6ccccc6)CC5)c5ccccc5n4)CC3)cccc12. The molecule has 7 rings (SSSR count). The van der Waals surface area contributed by atoms with Gasteiger partial charge in [-0.3, -0.25) is 0 Å². The van der Waals surface area contributed by atoms with E-state index < -0.39 is 0 Å². The first-order chi connectivity index (χ1) is 22.6.